The molecule has 1 aromatic carbocycles. The number of aliphatic hydroxyl groups excluding tert-OH is 1. The molecule has 3 rings (SSSR count). The Hall–Kier alpha value is -2.18. The van der Waals surface area contributed by atoms with E-state index in [9.17, 15) is 5.11 Å². The number of hydrogen-bond acceptors (Lipinski definition) is 6. The van der Waals surface area contributed by atoms with Crippen LogP contribution in [0.15, 0.2) is 42.6 Å². The second kappa shape index (κ2) is 9.50. The number of ether oxygens (including phenoxy) is 1. The molecule has 6 heteroatoms. The van der Waals surface area contributed by atoms with E-state index in [4.69, 9.17) is 4.74 Å². The van der Waals surface area contributed by atoms with E-state index < -0.39 is 0 Å². The highest BCUT2D eigenvalue weighted by molar-refractivity contribution is 5.33. The Bertz CT molecular complexity index is 668. The van der Waals surface area contributed by atoms with Crippen LogP contribution in [0.5, 0.6) is 5.88 Å². The second-order valence-corrected chi connectivity index (χ2v) is 6.64. The van der Waals surface area contributed by atoms with Crippen molar-refractivity contribution in [2.45, 2.75) is 25.3 Å². The number of nitrogens with zero attached hydrogens (tertiary/aromatic N) is 4. The van der Waals surface area contributed by atoms with Crippen molar-refractivity contribution < 1.29 is 9.84 Å². The van der Waals surface area contributed by atoms with Crippen LogP contribution in [-0.2, 0) is 6.42 Å². The first-order valence-corrected chi connectivity index (χ1v) is 9.31. The summed E-state index contributed by atoms with van der Waals surface area (Å²) in [6.07, 6.45) is 4.72. The Balaban J connectivity index is 1.57. The molecule has 0 radical (unpaired) electrons. The number of rotatable bonds is 8. The fraction of sp³-hybridized carbons (Fsp3) is 0.500. The van der Waals surface area contributed by atoms with Gasteiger partial charge in [0.25, 0.3) is 0 Å². The highest BCUT2D eigenvalue weighted by Gasteiger charge is 2.27. The van der Waals surface area contributed by atoms with Crippen LogP contribution in [0.25, 0.3) is 0 Å². The van der Waals surface area contributed by atoms with Gasteiger partial charge in [0.15, 0.2) is 0 Å². The zero-order chi connectivity index (χ0) is 18.2. The van der Waals surface area contributed by atoms with Crippen LogP contribution in [0, 0.1) is 0 Å². The molecular weight excluding hydrogens is 328 g/mol. The minimum absolute atomic E-state index is 0.201. The fourth-order valence-electron chi connectivity index (χ4n) is 3.52. The van der Waals surface area contributed by atoms with Gasteiger partial charge in [-0.15, -0.1) is 0 Å². The van der Waals surface area contributed by atoms with Crippen LogP contribution >= 0.6 is 0 Å². The van der Waals surface area contributed by atoms with Crippen LogP contribution in [0.1, 0.15) is 18.4 Å². The average molecular weight is 356 g/mol. The van der Waals surface area contributed by atoms with Crippen LogP contribution in [0.4, 0.5) is 5.95 Å². The van der Waals surface area contributed by atoms with Crippen LogP contribution < -0.4 is 9.64 Å². The van der Waals surface area contributed by atoms with Gasteiger partial charge in [0, 0.05) is 44.5 Å². The van der Waals surface area contributed by atoms with Gasteiger partial charge in [-0.25, -0.2) is 4.98 Å². The zero-order valence-corrected chi connectivity index (χ0v) is 15.4. The molecule has 0 unspecified atom stereocenters. The number of aromatic nitrogens is 2. The average Bonchev–Trinajstić information content (AvgIpc) is 2.70. The lowest BCUT2D eigenvalue weighted by Gasteiger charge is -2.41. The second-order valence-electron chi connectivity index (χ2n) is 6.64. The Kier molecular flexibility index (Phi) is 6.80. The third-order valence-electron chi connectivity index (χ3n) is 4.93. The van der Waals surface area contributed by atoms with E-state index in [-0.39, 0.29) is 6.61 Å². The van der Waals surface area contributed by atoms with E-state index in [0.29, 0.717) is 17.9 Å². The first-order chi connectivity index (χ1) is 12.8. The molecule has 26 heavy (non-hydrogen) atoms. The maximum atomic E-state index is 9.48. The van der Waals surface area contributed by atoms with Crippen molar-refractivity contribution in [1.29, 1.82) is 0 Å². The third kappa shape index (κ3) is 4.93. The molecule has 0 spiro atoms. The van der Waals surface area contributed by atoms with Crippen molar-refractivity contribution in [3.8, 4) is 5.88 Å². The summed E-state index contributed by atoms with van der Waals surface area (Å²) >= 11 is 0. The van der Waals surface area contributed by atoms with Gasteiger partial charge >= 0.3 is 0 Å². The molecule has 6 nitrogen and oxygen atoms in total. The number of hydrogen-bond donors (Lipinski definition) is 1. The molecule has 2 aromatic rings. The summed E-state index contributed by atoms with van der Waals surface area (Å²) in [6.45, 7) is 3.93. The van der Waals surface area contributed by atoms with Crippen LogP contribution in [0.2, 0.25) is 0 Å². The fourth-order valence-corrected chi connectivity index (χ4v) is 3.52. The number of benzene rings is 1. The monoisotopic (exact) mass is 356 g/mol. The minimum atomic E-state index is 0.201. The molecular formula is C20H28N4O2. The van der Waals surface area contributed by atoms with E-state index in [2.05, 4.69) is 50.1 Å². The van der Waals surface area contributed by atoms with Gasteiger partial charge in [-0.05, 0) is 31.4 Å². The predicted molar refractivity (Wildman–Crippen MR) is 103 cm³/mol. The molecule has 0 bridgehead atoms. The summed E-state index contributed by atoms with van der Waals surface area (Å²) in [4.78, 5) is 13.5. The minimum Gasteiger partial charge on any atom is -0.481 e. The lowest BCUT2D eigenvalue weighted by atomic mass is 10.1. The van der Waals surface area contributed by atoms with Crippen molar-refractivity contribution in [2.24, 2.45) is 0 Å². The normalized spacial score (nSPS) is 18.1. The summed E-state index contributed by atoms with van der Waals surface area (Å²) in [7, 11) is 1.62. The molecule has 0 aliphatic carbocycles. The van der Waals surface area contributed by atoms with Crippen molar-refractivity contribution in [3.63, 3.8) is 0 Å². The maximum Gasteiger partial charge on any atom is 0.228 e. The van der Waals surface area contributed by atoms with Crippen LogP contribution in [-0.4, -0.2) is 65.9 Å². The van der Waals surface area contributed by atoms with Gasteiger partial charge in [-0.2, -0.15) is 4.98 Å². The van der Waals surface area contributed by atoms with E-state index in [1.54, 1.807) is 19.4 Å². The summed E-state index contributed by atoms with van der Waals surface area (Å²) in [5, 5.41) is 9.48. The van der Waals surface area contributed by atoms with E-state index in [1.807, 2.05) is 0 Å². The van der Waals surface area contributed by atoms with Gasteiger partial charge in [0.05, 0.1) is 7.11 Å². The summed E-state index contributed by atoms with van der Waals surface area (Å²) in [6, 6.07) is 12.7. The highest BCUT2D eigenvalue weighted by atomic mass is 16.5. The number of aliphatic hydroxyl groups is 1. The van der Waals surface area contributed by atoms with Gasteiger partial charge in [-0.1, -0.05) is 30.3 Å². The first-order valence-electron chi connectivity index (χ1n) is 9.31. The first kappa shape index (κ1) is 18.6. The smallest absolute Gasteiger partial charge is 0.228 e. The molecule has 140 valence electrons. The van der Waals surface area contributed by atoms with Gasteiger partial charge in [-0.3, -0.25) is 4.90 Å². The number of anilines is 1. The molecule has 1 N–H and O–H groups in total. The molecule has 1 aliphatic rings. The molecule has 2 heterocycles. The SMILES string of the molecule is COc1ccnc(N2CCN(CCCc3ccccc3)[C@H](CCO)C2)n1. The van der Waals surface area contributed by atoms with Gasteiger partial charge in [0.1, 0.15) is 0 Å². The summed E-state index contributed by atoms with van der Waals surface area (Å²) in [5.74, 6) is 1.29. The summed E-state index contributed by atoms with van der Waals surface area (Å²) in [5.41, 5.74) is 1.38. The van der Waals surface area contributed by atoms with Crippen molar-refractivity contribution in [1.82, 2.24) is 14.9 Å². The Labute approximate surface area is 155 Å². The van der Waals surface area contributed by atoms with Gasteiger partial charge < -0.3 is 14.7 Å². The van der Waals surface area contributed by atoms with Gasteiger partial charge in [0.2, 0.25) is 11.8 Å². The number of piperazine rings is 1. The topological polar surface area (TPSA) is 61.7 Å². The Morgan fingerprint density at radius 3 is 2.81 bits per heavy atom. The van der Waals surface area contributed by atoms with E-state index >= 15 is 0 Å². The zero-order valence-electron chi connectivity index (χ0n) is 15.4. The van der Waals surface area contributed by atoms with Crippen LogP contribution in [0.3, 0.4) is 0 Å². The van der Waals surface area contributed by atoms with Crippen molar-refractivity contribution >= 4 is 5.95 Å². The van der Waals surface area contributed by atoms with Crippen molar-refractivity contribution in [3.05, 3.63) is 48.2 Å². The molecule has 1 saturated heterocycles. The maximum absolute atomic E-state index is 9.48. The lowest BCUT2D eigenvalue weighted by Crippen LogP contribution is -2.54. The summed E-state index contributed by atoms with van der Waals surface area (Å²) < 4.78 is 5.21. The third-order valence-corrected chi connectivity index (χ3v) is 4.93. The van der Waals surface area contributed by atoms with Crippen molar-refractivity contribution in [2.75, 3.05) is 44.8 Å². The molecule has 1 aromatic heterocycles. The molecule has 0 saturated carbocycles. The Morgan fingerprint density at radius 1 is 1.19 bits per heavy atom. The Morgan fingerprint density at radius 2 is 2.04 bits per heavy atom. The molecule has 1 atom stereocenters. The molecule has 0 amide bonds. The quantitative estimate of drug-likeness (QED) is 0.781. The predicted octanol–water partition coefficient (Wildman–Crippen LogP) is 1.99. The molecule has 1 aliphatic heterocycles. The largest absolute Gasteiger partial charge is 0.481 e. The highest BCUT2D eigenvalue weighted by Crippen LogP contribution is 2.19. The number of aryl methyl sites for hydroxylation is 1. The van der Waals surface area contributed by atoms with E-state index in [1.165, 1.54) is 5.56 Å². The standard InChI is InChI=1S/C20H28N4O2/c1-26-19-9-11-21-20(22-19)24-14-13-23(18(16-24)10-15-25)12-5-8-17-6-3-2-4-7-17/h2-4,6-7,9,11,18,25H,5,8,10,12-16H2,1H3/t18-/m1/s1. The molecule has 1 fully saturated rings. The lowest BCUT2D eigenvalue weighted by molar-refractivity contribution is 0.140. The van der Waals surface area contributed by atoms with E-state index in [0.717, 1.165) is 45.4 Å². The number of methoxy groups -OCH3 is 1.